The smallest absolute Gasteiger partial charge is 0.254 e. The summed E-state index contributed by atoms with van der Waals surface area (Å²) in [5.41, 5.74) is 1.52. The third kappa shape index (κ3) is 3.08. The number of aryl methyl sites for hydroxylation is 1. The minimum atomic E-state index is -0.305. The summed E-state index contributed by atoms with van der Waals surface area (Å²) in [6, 6.07) is 5.30. The normalized spacial score (nSPS) is 23.5. The summed E-state index contributed by atoms with van der Waals surface area (Å²) in [4.78, 5) is 14.2. The molecule has 1 aromatic rings. The molecule has 2 atom stereocenters. The molecule has 19 heavy (non-hydrogen) atoms. The van der Waals surface area contributed by atoms with E-state index in [0.29, 0.717) is 23.7 Å². The Bertz CT molecular complexity index is 478. The quantitative estimate of drug-likeness (QED) is 0.901. The van der Waals surface area contributed by atoms with Crippen LogP contribution in [0.25, 0.3) is 0 Å². The summed E-state index contributed by atoms with van der Waals surface area (Å²) in [5.74, 6) is -0.0730. The SMILES string of the molecule is Cc1ccc(C(=O)N2CC(CO)OCC2C)cc1Cl. The van der Waals surface area contributed by atoms with Gasteiger partial charge in [0, 0.05) is 17.1 Å². The number of rotatable bonds is 2. The minimum Gasteiger partial charge on any atom is -0.394 e. The van der Waals surface area contributed by atoms with E-state index in [-0.39, 0.29) is 24.7 Å². The second kappa shape index (κ2) is 5.90. The van der Waals surface area contributed by atoms with Gasteiger partial charge in [-0.15, -0.1) is 0 Å². The summed E-state index contributed by atoms with van der Waals surface area (Å²) in [6.07, 6.45) is -0.305. The number of nitrogens with zero attached hydrogens (tertiary/aromatic N) is 1. The van der Waals surface area contributed by atoms with Crippen molar-refractivity contribution in [3.8, 4) is 0 Å². The van der Waals surface area contributed by atoms with E-state index in [4.69, 9.17) is 21.4 Å². The number of benzene rings is 1. The van der Waals surface area contributed by atoms with Crippen molar-refractivity contribution in [2.24, 2.45) is 0 Å². The third-order valence-corrected chi connectivity index (χ3v) is 3.80. The predicted octanol–water partition coefficient (Wildman–Crippen LogP) is 1.87. The monoisotopic (exact) mass is 283 g/mol. The molecule has 0 spiro atoms. The van der Waals surface area contributed by atoms with E-state index in [1.165, 1.54) is 0 Å². The number of hydrogen-bond donors (Lipinski definition) is 1. The first kappa shape index (κ1) is 14.3. The van der Waals surface area contributed by atoms with Gasteiger partial charge in [-0.3, -0.25) is 4.79 Å². The lowest BCUT2D eigenvalue weighted by Gasteiger charge is -2.37. The standard InChI is InChI=1S/C14H18ClNO3/c1-9-3-4-11(5-13(9)15)14(18)16-6-12(7-17)19-8-10(16)2/h3-5,10,12,17H,6-8H2,1-2H3. The molecule has 1 aromatic carbocycles. The fraction of sp³-hybridized carbons (Fsp3) is 0.500. The molecule has 1 heterocycles. The van der Waals surface area contributed by atoms with Crippen LogP contribution in [-0.2, 0) is 4.74 Å². The molecule has 5 heteroatoms. The van der Waals surface area contributed by atoms with Crippen LogP contribution in [0, 0.1) is 6.92 Å². The van der Waals surface area contributed by atoms with Gasteiger partial charge in [0.05, 0.1) is 25.4 Å². The molecule has 0 bridgehead atoms. The third-order valence-electron chi connectivity index (χ3n) is 3.39. The van der Waals surface area contributed by atoms with Crippen molar-refractivity contribution in [2.75, 3.05) is 19.8 Å². The Kier molecular flexibility index (Phi) is 4.45. The van der Waals surface area contributed by atoms with E-state index < -0.39 is 0 Å². The van der Waals surface area contributed by atoms with Gasteiger partial charge in [0.2, 0.25) is 0 Å². The number of hydrogen-bond acceptors (Lipinski definition) is 3. The van der Waals surface area contributed by atoms with Crippen LogP contribution >= 0.6 is 11.6 Å². The number of carbonyl (C=O) groups excluding carboxylic acids is 1. The highest BCUT2D eigenvalue weighted by Gasteiger charge is 2.29. The Hall–Kier alpha value is -1.10. The first-order chi connectivity index (χ1) is 9.02. The van der Waals surface area contributed by atoms with Crippen molar-refractivity contribution in [1.29, 1.82) is 0 Å². The summed E-state index contributed by atoms with van der Waals surface area (Å²) < 4.78 is 5.43. The van der Waals surface area contributed by atoms with Crippen molar-refractivity contribution < 1.29 is 14.6 Å². The van der Waals surface area contributed by atoms with E-state index in [9.17, 15) is 4.79 Å². The van der Waals surface area contributed by atoms with Crippen molar-refractivity contribution >= 4 is 17.5 Å². The van der Waals surface area contributed by atoms with Crippen LogP contribution < -0.4 is 0 Å². The van der Waals surface area contributed by atoms with Gasteiger partial charge in [0.1, 0.15) is 0 Å². The number of carbonyl (C=O) groups is 1. The fourth-order valence-electron chi connectivity index (χ4n) is 2.10. The van der Waals surface area contributed by atoms with Crippen molar-refractivity contribution in [2.45, 2.75) is 26.0 Å². The van der Waals surface area contributed by atoms with Crippen LogP contribution in [0.4, 0.5) is 0 Å². The Morgan fingerprint density at radius 1 is 1.58 bits per heavy atom. The second-order valence-corrected chi connectivity index (χ2v) is 5.32. The van der Waals surface area contributed by atoms with Gasteiger partial charge in [-0.1, -0.05) is 17.7 Å². The predicted molar refractivity (Wildman–Crippen MR) is 73.5 cm³/mol. The minimum absolute atomic E-state index is 0.00428. The largest absolute Gasteiger partial charge is 0.394 e. The highest BCUT2D eigenvalue weighted by molar-refractivity contribution is 6.31. The van der Waals surface area contributed by atoms with Gasteiger partial charge >= 0.3 is 0 Å². The van der Waals surface area contributed by atoms with Crippen molar-refractivity contribution in [1.82, 2.24) is 4.90 Å². The molecule has 4 nitrogen and oxygen atoms in total. The zero-order valence-corrected chi connectivity index (χ0v) is 11.9. The molecule has 0 aromatic heterocycles. The van der Waals surface area contributed by atoms with Gasteiger partial charge in [-0.2, -0.15) is 0 Å². The highest BCUT2D eigenvalue weighted by Crippen LogP contribution is 2.20. The molecule has 0 saturated carbocycles. The highest BCUT2D eigenvalue weighted by atomic mass is 35.5. The van der Waals surface area contributed by atoms with Crippen LogP contribution in [0.3, 0.4) is 0 Å². The maximum atomic E-state index is 12.5. The molecule has 1 saturated heterocycles. The molecule has 1 N–H and O–H groups in total. The molecule has 1 fully saturated rings. The Morgan fingerprint density at radius 3 is 2.95 bits per heavy atom. The van der Waals surface area contributed by atoms with E-state index in [0.717, 1.165) is 5.56 Å². The van der Waals surface area contributed by atoms with Crippen molar-refractivity contribution in [3.63, 3.8) is 0 Å². The van der Waals surface area contributed by atoms with E-state index in [1.807, 2.05) is 19.9 Å². The summed E-state index contributed by atoms with van der Waals surface area (Å²) in [7, 11) is 0. The number of ether oxygens (including phenoxy) is 1. The number of aliphatic hydroxyl groups excluding tert-OH is 1. The van der Waals surface area contributed by atoms with Crippen LogP contribution in [-0.4, -0.2) is 47.8 Å². The average molecular weight is 284 g/mol. The van der Waals surface area contributed by atoms with Gasteiger partial charge < -0.3 is 14.7 Å². The van der Waals surface area contributed by atoms with Crippen molar-refractivity contribution in [3.05, 3.63) is 34.3 Å². The van der Waals surface area contributed by atoms with Crippen LogP contribution in [0.5, 0.6) is 0 Å². The van der Waals surface area contributed by atoms with Gasteiger partial charge in [0.15, 0.2) is 0 Å². The second-order valence-electron chi connectivity index (χ2n) is 4.91. The van der Waals surface area contributed by atoms with Gasteiger partial charge in [0.25, 0.3) is 5.91 Å². The number of morpholine rings is 1. The first-order valence-corrected chi connectivity index (χ1v) is 6.70. The molecule has 1 aliphatic heterocycles. The van der Waals surface area contributed by atoms with Gasteiger partial charge in [-0.25, -0.2) is 0 Å². The Labute approximate surface area is 117 Å². The molecule has 0 aliphatic carbocycles. The molecule has 104 valence electrons. The summed E-state index contributed by atoms with van der Waals surface area (Å²) in [6.45, 7) is 4.60. The molecule has 0 radical (unpaired) electrons. The summed E-state index contributed by atoms with van der Waals surface area (Å²) >= 11 is 6.05. The van der Waals surface area contributed by atoms with Crippen LogP contribution in [0.1, 0.15) is 22.8 Å². The maximum Gasteiger partial charge on any atom is 0.254 e. The fourth-order valence-corrected chi connectivity index (χ4v) is 2.28. The molecular formula is C14H18ClNO3. The number of aliphatic hydroxyl groups is 1. The zero-order valence-electron chi connectivity index (χ0n) is 11.1. The first-order valence-electron chi connectivity index (χ1n) is 6.32. The molecule has 1 aliphatic rings. The average Bonchev–Trinajstić information content (AvgIpc) is 2.41. The van der Waals surface area contributed by atoms with E-state index in [1.54, 1.807) is 17.0 Å². The lowest BCUT2D eigenvalue weighted by Crippen LogP contribution is -2.52. The lowest BCUT2D eigenvalue weighted by molar-refractivity contribution is -0.0667. The molecular weight excluding hydrogens is 266 g/mol. The molecule has 1 amide bonds. The van der Waals surface area contributed by atoms with Crippen LogP contribution in [0.15, 0.2) is 18.2 Å². The number of amides is 1. The molecule has 2 rings (SSSR count). The lowest BCUT2D eigenvalue weighted by atomic mass is 10.1. The topological polar surface area (TPSA) is 49.8 Å². The van der Waals surface area contributed by atoms with E-state index in [2.05, 4.69) is 0 Å². The van der Waals surface area contributed by atoms with Crippen LogP contribution in [0.2, 0.25) is 5.02 Å². The maximum absolute atomic E-state index is 12.5. The Morgan fingerprint density at radius 2 is 2.32 bits per heavy atom. The van der Waals surface area contributed by atoms with Gasteiger partial charge in [-0.05, 0) is 31.5 Å². The van der Waals surface area contributed by atoms with E-state index >= 15 is 0 Å². The number of halogens is 1. The molecule has 2 unspecified atom stereocenters. The summed E-state index contributed by atoms with van der Waals surface area (Å²) in [5, 5.41) is 9.73. The Balaban J connectivity index is 2.19. The zero-order chi connectivity index (χ0) is 14.0.